The minimum Gasteiger partial charge on any atom is -0.354 e. The second kappa shape index (κ2) is 5.77. The summed E-state index contributed by atoms with van der Waals surface area (Å²) in [6.07, 6.45) is 5.33. The summed E-state index contributed by atoms with van der Waals surface area (Å²) >= 11 is 0. The molecule has 1 saturated carbocycles. The third-order valence-corrected chi connectivity index (χ3v) is 3.94. The van der Waals surface area contributed by atoms with E-state index in [2.05, 4.69) is 12.2 Å². The van der Waals surface area contributed by atoms with Gasteiger partial charge in [0.15, 0.2) is 0 Å². The minimum atomic E-state index is -0.863. The summed E-state index contributed by atoms with van der Waals surface area (Å²) in [5, 5.41) is 2.79. The van der Waals surface area contributed by atoms with Crippen LogP contribution in [0.5, 0.6) is 0 Å². The molecule has 0 aromatic carbocycles. The van der Waals surface area contributed by atoms with E-state index in [9.17, 15) is 9.00 Å². The maximum absolute atomic E-state index is 11.9. The molecule has 94 valence electrons. The van der Waals surface area contributed by atoms with Crippen molar-refractivity contribution in [2.75, 3.05) is 18.6 Å². The van der Waals surface area contributed by atoms with E-state index in [1.54, 1.807) is 6.26 Å². The Kier molecular flexibility index (Phi) is 4.92. The lowest BCUT2D eigenvalue weighted by Gasteiger charge is -2.35. The molecule has 0 spiro atoms. The highest BCUT2D eigenvalue weighted by Gasteiger charge is 2.37. The van der Waals surface area contributed by atoms with Gasteiger partial charge in [-0.2, -0.15) is 0 Å². The molecule has 5 heteroatoms. The number of nitrogens with two attached hydrogens (primary N) is 1. The molecule has 3 unspecified atom stereocenters. The van der Waals surface area contributed by atoms with Crippen molar-refractivity contribution in [1.82, 2.24) is 5.32 Å². The lowest BCUT2D eigenvalue weighted by atomic mass is 9.76. The fourth-order valence-corrected chi connectivity index (χ4v) is 2.67. The second-order valence-electron chi connectivity index (χ2n) is 4.89. The van der Waals surface area contributed by atoms with Gasteiger partial charge < -0.3 is 11.1 Å². The van der Waals surface area contributed by atoms with Crippen LogP contribution in [0.4, 0.5) is 0 Å². The molecule has 3 atom stereocenters. The zero-order valence-corrected chi connectivity index (χ0v) is 10.9. The third-order valence-electron chi connectivity index (χ3n) is 3.16. The molecule has 0 aliphatic heterocycles. The summed E-state index contributed by atoms with van der Waals surface area (Å²) in [7, 11) is -0.863. The zero-order valence-electron chi connectivity index (χ0n) is 10.1. The van der Waals surface area contributed by atoms with Crippen molar-refractivity contribution in [3.63, 3.8) is 0 Å². The van der Waals surface area contributed by atoms with Crippen molar-refractivity contribution in [2.45, 2.75) is 38.1 Å². The Bertz CT molecular complexity index is 283. The molecule has 3 N–H and O–H groups in total. The first kappa shape index (κ1) is 13.6. The molecule has 1 fully saturated rings. The van der Waals surface area contributed by atoms with Gasteiger partial charge >= 0.3 is 0 Å². The lowest BCUT2D eigenvalue weighted by molar-refractivity contribution is -0.127. The SMILES string of the molecule is CC1CCCC(N)(C(=O)NCCS(C)=O)C1. The molecule has 0 bridgehead atoms. The molecule has 1 amide bonds. The van der Waals surface area contributed by atoms with Gasteiger partial charge in [-0.05, 0) is 18.8 Å². The molecule has 16 heavy (non-hydrogen) atoms. The highest BCUT2D eigenvalue weighted by molar-refractivity contribution is 7.84. The quantitative estimate of drug-likeness (QED) is 0.753. The van der Waals surface area contributed by atoms with Crippen molar-refractivity contribution >= 4 is 16.7 Å². The van der Waals surface area contributed by atoms with Crippen LogP contribution >= 0.6 is 0 Å². The standard InChI is InChI=1S/C11H22N2O2S/c1-9-4-3-5-11(12,8-9)10(14)13-6-7-16(2)15/h9H,3-8,12H2,1-2H3,(H,13,14). The van der Waals surface area contributed by atoms with Crippen LogP contribution in [0.1, 0.15) is 32.6 Å². The van der Waals surface area contributed by atoms with Gasteiger partial charge in [0.05, 0.1) is 5.54 Å². The van der Waals surface area contributed by atoms with E-state index in [0.29, 0.717) is 18.2 Å². The minimum absolute atomic E-state index is 0.0792. The first-order chi connectivity index (χ1) is 7.44. The normalized spacial score (nSPS) is 32.1. The average molecular weight is 246 g/mol. The fraction of sp³-hybridized carbons (Fsp3) is 0.909. The van der Waals surface area contributed by atoms with Gasteiger partial charge in [-0.25, -0.2) is 0 Å². The van der Waals surface area contributed by atoms with E-state index in [0.717, 1.165) is 25.7 Å². The van der Waals surface area contributed by atoms with Gasteiger partial charge in [-0.15, -0.1) is 0 Å². The first-order valence-electron chi connectivity index (χ1n) is 5.81. The van der Waals surface area contributed by atoms with Crippen LogP contribution in [0.25, 0.3) is 0 Å². The van der Waals surface area contributed by atoms with Gasteiger partial charge in [0.2, 0.25) is 5.91 Å². The van der Waals surface area contributed by atoms with Crippen LogP contribution < -0.4 is 11.1 Å². The number of hydrogen-bond acceptors (Lipinski definition) is 3. The van der Waals surface area contributed by atoms with E-state index >= 15 is 0 Å². The van der Waals surface area contributed by atoms with Gasteiger partial charge in [-0.3, -0.25) is 9.00 Å². The van der Waals surface area contributed by atoms with E-state index < -0.39 is 16.3 Å². The van der Waals surface area contributed by atoms with Gasteiger partial charge in [0.1, 0.15) is 0 Å². The summed E-state index contributed by atoms with van der Waals surface area (Å²) in [6, 6.07) is 0. The van der Waals surface area contributed by atoms with Crippen molar-refractivity contribution in [1.29, 1.82) is 0 Å². The van der Waals surface area contributed by atoms with Crippen molar-refractivity contribution in [2.24, 2.45) is 11.7 Å². The summed E-state index contributed by atoms with van der Waals surface area (Å²) in [6.45, 7) is 2.59. The smallest absolute Gasteiger partial charge is 0.240 e. The summed E-state index contributed by atoms with van der Waals surface area (Å²) < 4.78 is 10.9. The maximum Gasteiger partial charge on any atom is 0.240 e. The number of amides is 1. The van der Waals surface area contributed by atoms with Crippen molar-refractivity contribution in [3.8, 4) is 0 Å². The van der Waals surface area contributed by atoms with Crippen LogP contribution in [-0.4, -0.2) is 34.2 Å². The molecule has 1 aliphatic carbocycles. The molecule has 1 aliphatic rings. The summed E-state index contributed by atoms with van der Waals surface area (Å²) in [4.78, 5) is 11.9. The Morgan fingerprint density at radius 3 is 2.88 bits per heavy atom. The van der Waals surface area contributed by atoms with Gasteiger partial charge in [0.25, 0.3) is 0 Å². The molecular formula is C11H22N2O2S. The number of rotatable bonds is 4. The first-order valence-corrected chi connectivity index (χ1v) is 7.54. The molecular weight excluding hydrogens is 224 g/mol. The maximum atomic E-state index is 11.9. The van der Waals surface area contributed by atoms with Gasteiger partial charge in [-0.1, -0.05) is 19.8 Å². The number of carbonyl (C=O) groups excluding carboxylic acids is 1. The fourth-order valence-electron chi connectivity index (χ4n) is 2.28. The van der Waals surface area contributed by atoms with Gasteiger partial charge in [0, 0.05) is 29.4 Å². The Balaban J connectivity index is 2.42. The Morgan fingerprint density at radius 2 is 2.31 bits per heavy atom. The summed E-state index contributed by atoms with van der Waals surface area (Å²) in [5.74, 6) is 0.937. The monoisotopic (exact) mass is 246 g/mol. The molecule has 1 rings (SSSR count). The highest BCUT2D eigenvalue weighted by atomic mass is 32.2. The zero-order chi connectivity index (χ0) is 12.2. The molecule has 0 heterocycles. The predicted molar refractivity (Wildman–Crippen MR) is 66.5 cm³/mol. The molecule has 4 nitrogen and oxygen atoms in total. The molecule has 0 saturated heterocycles. The average Bonchev–Trinajstić information content (AvgIpc) is 2.16. The molecule has 0 radical (unpaired) electrons. The summed E-state index contributed by atoms with van der Waals surface area (Å²) in [5.41, 5.74) is 5.42. The van der Waals surface area contributed by atoms with Crippen LogP contribution in [0.3, 0.4) is 0 Å². The van der Waals surface area contributed by atoms with Crippen molar-refractivity contribution in [3.05, 3.63) is 0 Å². The highest BCUT2D eigenvalue weighted by Crippen LogP contribution is 2.30. The number of nitrogens with one attached hydrogen (secondary N) is 1. The number of hydrogen-bond donors (Lipinski definition) is 2. The third kappa shape index (κ3) is 3.87. The van der Waals surface area contributed by atoms with E-state index in [4.69, 9.17) is 5.73 Å². The van der Waals surface area contributed by atoms with Crippen LogP contribution in [-0.2, 0) is 15.6 Å². The molecule has 0 aromatic heterocycles. The Labute approximate surface area is 99.8 Å². The van der Waals surface area contributed by atoms with Crippen LogP contribution in [0, 0.1) is 5.92 Å². The Hall–Kier alpha value is -0.420. The topological polar surface area (TPSA) is 72.2 Å². The van der Waals surface area contributed by atoms with E-state index in [1.165, 1.54) is 0 Å². The van der Waals surface area contributed by atoms with E-state index in [-0.39, 0.29) is 5.91 Å². The Morgan fingerprint density at radius 1 is 1.62 bits per heavy atom. The largest absolute Gasteiger partial charge is 0.354 e. The van der Waals surface area contributed by atoms with E-state index in [1.807, 2.05) is 0 Å². The predicted octanol–water partition coefficient (Wildman–Crippen LogP) is 0.389. The van der Waals surface area contributed by atoms with Crippen molar-refractivity contribution < 1.29 is 9.00 Å². The lowest BCUT2D eigenvalue weighted by Crippen LogP contribution is -2.56. The second-order valence-corrected chi connectivity index (χ2v) is 6.45. The van der Waals surface area contributed by atoms with Crippen LogP contribution in [0.15, 0.2) is 0 Å². The van der Waals surface area contributed by atoms with Crippen LogP contribution in [0.2, 0.25) is 0 Å². The molecule has 0 aromatic rings. The number of carbonyl (C=O) groups is 1.